The highest BCUT2D eigenvalue weighted by Crippen LogP contribution is 2.27. The number of hydrogen-bond donors (Lipinski definition) is 0. The van der Waals surface area contributed by atoms with Gasteiger partial charge in [-0.3, -0.25) is 4.79 Å². The lowest BCUT2D eigenvalue weighted by atomic mass is 10.0. The van der Waals surface area contributed by atoms with Gasteiger partial charge in [-0.05, 0) is 31.0 Å². The van der Waals surface area contributed by atoms with Crippen molar-refractivity contribution in [3.8, 4) is 5.75 Å². The third kappa shape index (κ3) is 1.90. The molecule has 0 aliphatic rings. The fraction of sp³-hybridized carbons (Fsp3) is 0.286. The molecule has 1 aromatic heterocycles. The van der Waals surface area contributed by atoms with E-state index >= 15 is 0 Å². The number of rotatable bonds is 3. The van der Waals surface area contributed by atoms with Crippen molar-refractivity contribution >= 4 is 5.78 Å². The average molecular weight is 244 g/mol. The molecule has 18 heavy (non-hydrogen) atoms. The molecular formula is C14H16N2O2. The molecule has 1 aromatic carbocycles. The second-order valence-corrected chi connectivity index (χ2v) is 4.28. The second-order valence-electron chi connectivity index (χ2n) is 4.28. The van der Waals surface area contributed by atoms with E-state index in [1.807, 2.05) is 19.9 Å². The van der Waals surface area contributed by atoms with Crippen LogP contribution in [0.2, 0.25) is 0 Å². The normalized spacial score (nSPS) is 10.4. The maximum absolute atomic E-state index is 12.4. The van der Waals surface area contributed by atoms with E-state index in [1.54, 1.807) is 37.2 Å². The minimum atomic E-state index is -0.123. The maximum Gasteiger partial charge on any atom is 0.232 e. The topological polar surface area (TPSA) is 44.1 Å². The Bertz CT molecular complexity index is 600. The molecule has 0 fully saturated rings. The smallest absolute Gasteiger partial charge is 0.232 e. The minimum Gasteiger partial charge on any atom is -0.496 e. The van der Waals surface area contributed by atoms with Crippen molar-refractivity contribution in [2.45, 2.75) is 13.8 Å². The van der Waals surface area contributed by atoms with Gasteiger partial charge in [0.25, 0.3) is 0 Å². The summed E-state index contributed by atoms with van der Waals surface area (Å²) in [5.41, 5.74) is 2.63. The Balaban J connectivity index is 2.56. The van der Waals surface area contributed by atoms with Gasteiger partial charge in [0.1, 0.15) is 5.75 Å². The molecule has 0 radical (unpaired) electrons. The van der Waals surface area contributed by atoms with E-state index in [0.717, 1.165) is 11.1 Å². The third-order valence-electron chi connectivity index (χ3n) is 3.15. The van der Waals surface area contributed by atoms with E-state index in [0.29, 0.717) is 17.1 Å². The zero-order chi connectivity index (χ0) is 13.3. The number of carbonyl (C=O) groups excluding carboxylic acids is 1. The highest BCUT2D eigenvalue weighted by Gasteiger charge is 2.19. The zero-order valence-electron chi connectivity index (χ0n) is 11.0. The van der Waals surface area contributed by atoms with E-state index in [4.69, 9.17) is 4.74 Å². The first-order valence-corrected chi connectivity index (χ1v) is 5.72. The Labute approximate surface area is 106 Å². The van der Waals surface area contributed by atoms with Gasteiger partial charge in [0, 0.05) is 19.4 Å². The highest BCUT2D eigenvalue weighted by atomic mass is 16.5. The van der Waals surface area contributed by atoms with Gasteiger partial charge < -0.3 is 9.30 Å². The molecule has 0 N–H and O–H groups in total. The molecule has 94 valence electrons. The van der Waals surface area contributed by atoms with Crippen molar-refractivity contribution in [3.63, 3.8) is 0 Å². The van der Waals surface area contributed by atoms with Crippen LogP contribution in [0.1, 0.15) is 27.3 Å². The Morgan fingerprint density at radius 2 is 2.06 bits per heavy atom. The van der Waals surface area contributed by atoms with Crippen LogP contribution in [-0.4, -0.2) is 22.4 Å². The van der Waals surface area contributed by atoms with Gasteiger partial charge in [-0.15, -0.1) is 0 Å². The summed E-state index contributed by atoms with van der Waals surface area (Å²) in [6.45, 7) is 3.94. The second kappa shape index (κ2) is 4.64. The van der Waals surface area contributed by atoms with Gasteiger partial charge in [0.15, 0.2) is 5.82 Å². The van der Waals surface area contributed by atoms with Crippen molar-refractivity contribution in [3.05, 3.63) is 47.0 Å². The predicted molar refractivity (Wildman–Crippen MR) is 69.1 cm³/mol. The largest absolute Gasteiger partial charge is 0.496 e. The monoisotopic (exact) mass is 244 g/mol. The van der Waals surface area contributed by atoms with Crippen LogP contribution in [0.25, 0.3) is 0 Å². The summed E-state index contributed by atoms with van der Waals surface area (Å²) in [7, 11) is 3.38. The van der Waals surface area contributed by atoms with Crippen LogP contribution in [-0.2, 0) is 7.05 Å². The Hall–Kier alpha value is -2.10. The van der Waals surface area contributed by atoms with Crippen LogP contribution < -0.4 is 4.74 Å². The van der Waals surface area contributed by atoms with Crippen LogP contribution in [0.15, 0.2) is 24.5 Å². The van der Waals surface area contributed by atoms with Gasteiger partial charge in [-0.2, -0.15) is 0 Å². The zero-order valence-corrected chi connectivity index (χ0v) is 11.0. The fourth-order valence-electron chi connectivity index (χ4n) is 1.94. The quantitative estimate of drug-likeness (QED) is 0.778. The SMILES string of the molecule is COc1c(C(=O)c2nccn2C)ccc(C)c1C. The molecule has 0 amide bonds. The molecule has 0 bridgehead atoms. The summed E-state index contributed by atoms with van der Waals surface area (Å²) in [5.74, 6) is 0.919. The third-order valence-corrected chi connectivity index (χ3v) is 3.15. The van der Waals surface area contributed by atoms with Crippen molar-refractivity contribution in [1.82, 2.24) is 9.55 Å². The first kappa shape index (κ1) is 12.4. The molecule has 0 aliphatic carbocycles. The van der Waals surface area contributed by atoms with Crippen molar-refractivity contribution < 1.29 is 9.53 Å². The molecule has 0 atom stereocenters. The summed E-state index contributed by atoms with van der Waals surface area (Å²) in [6, 6.07) is 3.71. The number of nitrogens with zero attached hydrogens (tertiary/aromatic N) is 2. The van der Waals surface area contributed by atoms with Gasteiger partial charge >= 0.3 is 0 Å². The Morgan fingerprint density at radius 3 is 2.61 bits per heavy atom. The molecule has 0 saturated carbocycles. The first-order valence-electron chi connectivity index (χ1n) is 5.72. The molecule has 0 saturated heterocycles. The number of benzene rings is 1. The average Bonchev–Trinajstić information content (AvgIpc) is 2.78. The van der Waals surface area contributed by atoms with Gasteiger partial charge in [-0.25, -0.2) is 4.98 Å². The first-order chi connectivity index (χ1) is 8.56. The summed E-state index contributed by atoms with van der Waals surface area (Å²) < 4.78 is 7.06. The molecule has 4 nitrogen and oxygen atoms in total. The molecular weight excluding hydrogens is 228 g/mol. The maximum atomic E-state index is 12.4. The molecule has 2 rings (SSSR count). The lowest BCUT2D eigenvalue weighted by Gasteiger charge is -2.12. The van der Waals surface area contributed by atoms with E-state index in [2.05, 4.69) is 4.98 Å². The highest BCUT2D eigenvalue weighted by molar-refractivity contribution is 6.08. The molecule has 2 aromatic rings. The van der Waals surface area contributed by atoms with Crippen LogP contribution in [0.3, 0.4) is 0 Å². The van der Waals surface area contributed by atoms with Crippen LogP contribution in [0.5, 0.6) is 5.75 Å². The number of carbonyl (C=O) groups is 1. The number of ketones is 1. The summed E-state index contributed by atoms with van der Waals surface area (Å²) in [4.78, 5) is 16.5. The van der Waals surface area contributed by atoms with Gasteiger partial charge in [-0.1, -0.05) is 6.07 Å². The molecule has 4 heteroatoms. The summed E-state index contributed by atoms with van der Waals surface area (Å²) >= 11 is 0. The Morgan fingerprint density at radius 1 is 1.33 bits per heavy atom. The fourth-order valence-corrected chi connectivity index (χ4v) is 1.94. The number of imidazole rings is 1. The van der Waals surface area contributed by atoms with E-state index in [-0.39, 0.29) is 5.78 Å². The number of aromatic nitrogens is 2. The lowest BCUT2D eigenvalue weighted by Crippen LogP contribution is -2.11. The van der Waals surface area contributed by atoms with Crippen molar-refractivity contribution in [1.29, 1.82) is 0 Å². The number of hydrogen-bond acceptors (Lipinski definition) is 3. The molecule has 0 aliphatic heterocycles. The van der Waals surface area contributed by atoms with E-state index < -0.39 is 0 Å². The van der Waals surface area contributed by atoms with Crippen LogP contribution in [0.4, 0.5) is 0 Å². The van der Waals surface area contributed by atoms with Crippen molar-refractivity contribution in [2.24, 2.45) is 7.05 Å². The predicted octanol–water partition coefficient (Wildman–Crippen LogP) is 2.28. The van der Waals surface area contributed by atoms with Gasteiger partial charge in [0.05, 0.1) is 12.7 Å². The Kier molecular flexibility index (Phi) is 3.19. The number of methoxy groups -OCH3 is 1. The summed E-state index contributed by atoms with van der Waals surface area (Å²) in [5, 5.41) is 0. The minimum absolute atomic E-state index is 0.123. The molecule has 0 spiro atoms. The van der Waals surface area contributed by atoms with Crippen LogP contribution in [0, 0.1) is 13.8 Å². The van der Waals surface area contributed by atoms with Crippen molar-refractivity contribution in [2.75, 3.05) is 7.11 Å². The standard InChI is InChI=1S/C14H16N2O2/c1-9-5-6-11(13(18-4)10(9)2)12(17)14-15-7-8-16(14)3/h5-8H,1-4H3. The van der Waals surface area contributed by atoms with Crippen LogP contribution >= 0.6 is 0 Å². The molecule has 0 unspecified atom stereocenters. The number of aryl methyl sites for hydroxylation is 2. The summed E-state index contributed by atoms with van der Waals surface area (Å²) in [6.07, 6.45) is 3.36. The lowest BCUT2D eigenvalue weighted by molar-refractivity contribution is 0.102. The van der Waals surface area contributed by atoms with Gasteiger partial charge in [0.2, 0.25) is 5.78 Å². The van der Waals surface area contributed by atoms with E-state index in [1.165, 1.54) is 0 Å². The molecule has 1 heterocycles. The van der Waals surface area contributed by atoms with E-state index in [9.17, 15) is 4.79 Å². The number of ether oxygens (including phenoxy) is 1.